The Morgan fingerprint density at radius 3 is 2.82 bits per heavy atom. The van der Waals surface area contributed by atoms with E-state index in [1.807, 2.05) is 18.7 Å². The monoisotopic (exact) mass is 238 g/mol. The van der Waals surface area contributed by atoms with Gasteiger partial charge < -0.3 is 9.84 Å². The Labute approximate surface area is 103 Å². The maximum Gasteiger partial charge on any atom is 0.0632 e. The predicted molar refractivity (Wildman–Crippen MR) is 65.9 cm³/mol. The van der Waals surface area contributed by atoms with Gasteiger partial charge in [-0.15, -0.1) is 0 Å². The summed E-state index contributed by atoms with van der Waals surface area (Å²) in [7, 11) is 1.95. The van der Waals surface area contributed by atoms with Crippen molar-refractivity contribution >= 4 is 0 Å². The van der Waals surface area contributed by atoms with Gasteiger partial charge in [0.25, 0.3) is 0 Å². The molecule has 1 aromatic heterocycles. The van der Waals surface area contributed by atoms with Gasteiger partial charge in [0.1, 0.15) is 0 Å². The fourth-order valence-corrected chi connectivity index (χ4v) is 2.56. The molecule has 1 N–H and O–H groups in total. The maximum atomic E-state index is 10.3. The van der Waals surface area contributed by atoms with Crippen molar-refractivity contribution in [3.8, 4) is 0 Å². The summed E-state index contributed by atoms with van der Waals surface area (Å²) in [5, 5.41) is 14.7. The van der Waals surface area contributed by atoms with Crippen molar-refractivity contribution in [3.05, 3.63) is 17.0 Å². The summed E-state index contributed by atoms with van der Waals surface area (Å²) in [4.78, 5) is 0. The Morgan fingerprint density at radius 1 is 1.53 bits per heavy atom. The zero-order chi connectivity index (χ0) is 12.4. The Kier molecular flexibility index (Phi) is 3.84. The molecule has 0 saturated carbocycles. The number of nitrogens with zero attached hydrogens (tertiary/aromatic N) is 2. The van der Waals surface area contributed by atoms with Gasteiger partial charge in [-0.3, -0.25) is 4.68 Å². The molecule has 1 aliphatic rings. The van der Waals surface area contributed by atoms with E-state index in [0.29, 0.717) is 13.0 Å². The van der Waals surface area contributed by atoms with Crippen molar-refractivity contribution in [2.24, 2.45) is 13.0 Å². The second kappa shape index (κ2) is 5.19. The van der Waals surface area contributed by atoms with Crippen LogP contribution in [0.2, 0.25) is 0 Å². The smallest absolute Gasteiger partial charge is 0.0632 e. The van der Waals surface area contributed by atoms with E-state index in [1.165, 1.54) is 5.56 Å². The molecule has 2 unspecified atom stereocenters. The normalized spacial score (nSPS) is 22.7. The molecule has 0 aliphatic carbocycles. The highest BCUT2D eigenvalue weighted by Crippen LogP contribution is 2.22. The average molecular weight is 238 g/mol. The van der Waals surface area contributed by atoms with E-state index in [1.54, 1.807) is 0 Å². The summed E-state index contributed by atoms with van der Waals surface area (Å²) >= 11 is 0. The second-order valence-electron chi connectivity index (χ2n) is 5.02. The maximum absolute atomic E-state index is 10.3. The van der Waals surface area contributed by atoms with Crippen LogP contribution in [0.4, 0.5) is 0 Å². The minimum atomic E-state index is -0.308. The molecule has 0 amide bonds. The first kappa shape index (κ1) is 12.6. The standard InChI is InChI=1S/C13H22N2O2/c1-9-12(10(2)15(3)14-9)7-13(16)11-5-4-6-17-8-11/h11,13,16H,4-8H2,1-3H3. The van der Waals surface area contributed by atoms with Crippen LogP contribution in [0.3, 0.4) is 0 Å². The van der Waals surface area contributed by atoms with Crippen molar-refractivity contribution in [3.63, 3.8) is 0 Å². The van der Waals surface area contributed by atoms with Crippen LogP contribution in [0.1, 0.15) is 29.8 Å². The highest BCUT2D eigenvalue weighted by Gasteiger charge is 2.24. The molecular weight excluding hydrogens is 216 g/mol. The molecule has 4 nitrogen and oxygen atoms in total. The molecule has 1 aromatic rings. The Hall–Kier alpha value is -0.870. The number of aliphatic hydroxyl groups excluding tert-OH is 1. The van der Waals surface area contributed by atoms with Crippen LogP contribution in [-0.4, -0.2) is 34.2 Å². The Morgan fingerprint density at radius 2 is 2.29 bits per heavy atom. The van der Waals surface area contributed by atoms with E-state index in [0.717, 1.165) is 30.8 Å². The third-order valence-electron chi connectivity index (χ3n) is 3.81. The summed E-state index contributed by atoms with van der Waals surface area (Å²) < 4.78 is 7.31. The van der Waals surface area contributed by atoms with Gasteiger partial charge >= 0.3 is 0 Å². The van der Waals surface area contributed by atoms with Crippen molar-refractivity contribution in [2.45, 2.75) is 39.2 Å². The van der Waals surface area contributed by atoms with Gasteiger partial charge in [0.15, 0.2) is 0 Å². The van der Waals surface area contributed by atoms with Crippen LogP contribution in [-0.2, 0) is 18.2 Å². The number of hydrogen-bond acceptors (Lipinski definition) is 3. The zero-order valence-electron chi connectivity index (χ0n) is 10.9. The lowest BCUT2D eigenvalue weighted by atomic mass is 9.91. The first-order valence-electron chi connectivity index (χ1n) is 6.34. The van der Waals surface area contributed by atoms with Crippen LogP contribution in [0.15, 0.2) is 0 Å². The van der Waals surface area contributed by atoms with Crippen molar-refractivity contribution in [1.29, 1.82) is 0 Å². The summed E-state index contributed by atoms with van der Waals surface area (Å²) in [5.41, 5.74) is 3.37. The van der Waals surface area contributed by atoms with Gasteiger partial charge in [-0.05, 0) is 32.3 Å². The summed E-state index contributed by atoms with van der Waals surface area (Å²) in [6.07, 6.45) is 2.52. The first-order valence-corrected chi connectivity index (χ1v) is 6.34. The molecule has 0 spiro atoms. The van der Waals surface area contributed by atoms with Crippen LogP contribution in [0, 0.1) is 19.8 Å². The van der Waals surface area contributed by atoms with Crippen LogP contribution in [0.25, 0.3) is 0 Å². The third kappa shape index (κ3) is 2.69. The molecule has 0 bridgehead atoms. The molecule has 1 saturated heterocycles. The highest BCUT2D eigenvalue weighted by molar-refractivity contribution is 5.25. The van der Waals surface area contributed by atoms with Crippen LogP contribution in [0.5, 0.6) is 0 Å². The lowest BCUT2D eigenvalue weighted by molar-refractivity contribution is -0.00857. The predicted octanol–water partition coefficient (Wildman–Crippen LogP) is 1.37. The number of rotatable bonds is 3. The molecule has 2 heterocycles. The number of hydrogen-bond donors (Lipinski definition) is 1. The van der Waals surface area contributed by atoms with Crippen molar-refractivity contribution < 1.29 is 9.84 Å². The van der Waals surface area contributed by atoms with Crippen LogP contribution < -0.4 is 0 Å². The van der Waals surface area contributed by atoms with Crippen molar-refractivity contribution in [2.75, 3.05) is 13.2 Å². The SMILES string of the molecule is Cc1nn(C)c(C)c1CC(O)C1CCCOC1. The molecule has 0 aromatic carbocycles. The van der Waals surface area contributed by atoms with Gasteiger partial charge in [-0.1, -0.05) is 0 Å². The van der Waals surface area contributed by atoms with E-state index < -0.39 is 0 Å². The molecule has 2 atom stereocenters. The van der Waals surface area contributed by atoms with Gasteiger partial charge in [0, 0.05) is 31.7 Å². The minimum absolute atomic E-state index is 0.280. The van der Waals surface area contributed by atoms with Gasteiger partial charge in [0.2, 0.25) is 0 Å². The summed E-state index contributed by atoms with van der Waals surface area (Å²) in [6, 6.07) is 0. The second-order valence-corrected chi connectivity index (χ2v) is 5.02. The molecule has 1 aliphatic heterocycles. The topological polar surface area (TPSA) is 47.3 Å². The molecule has 2 rings (SSSR count). The van der Waals surface area contributed by atoms with E-state index in [4.69, 9.17) is 4.74 Å². The molecule has 1 fully saturated rings. The number of aliphatic hydroxyl groups is 1. The Bertz CT molecular complexity index is 381. The lowest BCUT2D eigenvalue weighted by Gasteiger charge is -2.26. The fourth-order valence-electron chi connectivity index (χ4n) is 2.56. The molecular formula is C13H22N2O2. The van der Waals surface area contributed by atoms with E-state index in [9.17, 15) is 5.11 Å². The van der Waals surface area contributed by atoms with E-state index in [-0.39, 0.29) is 12.0 Å². The average Bonchev–Trinajstić information content (AvgIpc) is 2.57. The number of ether oxygens (including phenoxy) is 1. The first-order chi connectivity index (χ1) is 8.09. The van der Waals surface area contributed by atoms with E-state index in [2.05, 4.69) is 12.0 Å². The summed E-state index contributed by atoms with van der Waals surface area (Å²) in [6.45, 7) is 5.60. The Balaban J connectivity index is 2.04. The number of aromatic nitrogens is 2. The third-order valence-corrected chi connectivity index (χ3v) is 3.81. The van der Waals surface area contributed by atoms with Crippen LogP contribution >= 0.6 is 0 Å². The number of aryl methyl sites for hydroxylation is 2. The van der Waals surface area contributed by atoms with Gasteiger partial charge in [-0.25, -0.2) is 0 Å². The lowest BCUT2D eigenvalue weighted by Crippen LogP contribution is -2.30. The molecule has 0 radical (unpaired) electrons. The van der Waals surface area contributed by atoms with Crippen molar-refractivity contribution in [1.82, 2.24) is 9.78 Å². The van der Waals surface area contributed by atoms with E-state index >= 15 is 0 Å². The van der Waals surface area contributed by atoms with Gasteiger partial charge in [-0.2, -0.15) is 5.10 Å². The summed E-state index contributed by atoms with van der Waals surface area (Å²) in [5.74, 6) is 0.280. The van der Waals surface area contributed by atoms with Gasteiger partial charge in [0.05, 0.1) is 18.4 Å². The molecule has 17 heavy (non-hydrogen) atoms. The molecule has 4 heteroatoms. The minimum Gasteiger partial charge on any atom is -0.392 e. The zero-order valence-corrected chi connectivity index (χ0v) is 10.9. The molecule has 96 valence electrons. The quantitative estimate of drug-likeness (QED) is 0.865. The fraction of sp³-hybridized carbons (Fsp3) is 0.769. The largest absolute Gasteiger partial charge is 0.392 e. The highest BCUT2D eigenvalue weighted by atomic mass is 16.5.